The molecule has 0 aromatic heterocycles. The molecule has 1 aliphatic rings. The van der Waals surface area contributed by atoms with Gasteiger partial charge in [0.15, 0.2) is 0 Å². The van der Waals surface area contributed by atoms with Crippen molar-refractivity contribution in [2.75, 3.05) is 28.5 Å². The monoisotopic (exact) mass is 402 g/mol. The predicted octanol–water partition coefficient (Wildman–Crippen LogP) is 3.83. The van der Waals surface area contributed by atoms with Crippen molar-refractivity contribution in [3.63, 3.8) is 0 Å². The summed E-state index contributed by atoms with van der Waals surface area (Å²) in [4.78, 5) is 12.5. The van der Waals surface area contributed by atoms with Crippen LogP contribution in [0.5, 0.6) is 5.75 Å². The maximum Gasteiger partial charge on any atom is 0.255 e. The smallest absolute Gasteiger partial charge is 0.255 e. The molecule has 0 saturated carbocycles. The van der Waals surface area contributed by atoms with Crippen LogP contribution < -0.4 is 14.4 Å². The van der Waals surface area contributed by atoms with E-state index in [9.17, 15) is 13.2 Å². The van der Waals surface area contributed by atoms with Crippen molar-refractivity contribution < 1.29 is 17.9 Å². The molecule has 0 fully saturated rings. The SMILES string of the molecule is CCCS(=O)(=O)N1CCCc2cc(NC(=O)c3ccc(OCC)cc3)ccc21. The average Bonchev–Trinajstić information content (AvgIpc) is 2.68. The molecule has 0 atom stereocenters. The molecule has 0 aliphatic carbocycles. The van der Waals surface area contributed by atoms with E-state index in [4.69, 9.17) is 4.74 Å². The molecule has 150 valence electrons. The molecule has 0 unspecified atom stereocenters. The highest BCUT2D eigenvalue weighted by atomic mass is 32.2. The first-order valence-corrected chi connectivity index (χ1v) is 11.2. The number of carbonyl (C=O) groups is 1. The van der Waals surface area contributed by atoms with Crippen LogP contribution in [0.3, 0.4) is 0 Å². The van der Waals surface area contributed by atoms with Crippen LogP contribution in [0.4, 0.5) is 11.4 Å². The largest absolute Gasteiger partial charge is 0.494 e. The van der Waals surface area contributed by atoms with Crippen LogP contribution in [0.1, 0.15) is 42.6 Å². The van der Waals surface area contributed by atoms with E-state index in [1.807, 2.05) is 19.9 Å². The Labute approximate surface area is 166 Å². The molecule has 0 saturated heterocycles. The first-order chi connectivity index (χ1) is 13.4. The van der Waals surface area contributed by atoms with Crippen LogP contribution in [0, 0.1) is 0 Å². The molecule has 2 aromatic rings. The Balaban J connectivity index is 1.77. The van der Waals surface area contributed by atoms with Crippen molar-refractivity contribution in [2.24, 2.45) is 0 Å². The minimum atomic E-state index is -3.30. The van der Waals surface area contributed by atoms with Gasteiger partial charge in [-0.1, -0.05) is 6.92 Å². The molecule has 1 amide bonds. The lowest BCUT2D eigenvalue weighted by atomic mass is 10.0. The van der Waals surface area contributed by atoms with Crippen LogP contribution in [0.2, 0.25) is 0 Å². The van der Waals surface area contributed by atoms with Crippen molar-refractivity contribution >= 4 is 27.3 Å². The van der Waals surface area contributed by atoms with Gasteiger partial charge in [0.1, 0.15) is 5.75 Å². The van der Waals surface area contributed by atoms with Crippen molar-refractivity contribution in [3.05, 3.63) is 53.6 Å². The summed E-state index contributed by atoms with van der Waals surface area (Å²) in [5.41, 5.74) is 2.86. The highest BCUT2D eigenvalue weighted by molar-refractivity contribution is 7.92. The summed E-state index contributed by atoms with van der Waals surface area (Å²) >= 11 is 0. The van der Waals surface area contributed by atoms with E-state index in [2.05, 4.69) is 5.32 Å². The van der Waals surface area contributed by atoms with Crippen molar-refractivity contribution in [2.45, 2.75) is 33.1 Å². The third-order valence-electron chi connectivity index (χ3n) is 4.64. The van der Waals surface area contributed by atoms with Gasteiger partial charge in [-0.05, 0) is 74.2 Å². The summed E-state index contributed by atoms with van der Waals surface area (Å²) in [5.74, 6) is 0.651. The van der Waals surface area contributed by atoms with Gasteiger partial charge in [0.25, 0.3) is 5.91 Å². The second kappa shape index (κ2) is 8.65. The Hall–Kier alpha value is -2.54. The highest BCUT2D eigenvalue weighted by Crippen LogP contribution is 2.32. The Bertz CT molecular complexity index is 939. The van der Waals surface area contributed by atoms with Crippen LogP contribution in [-0.2, 0) is 16.4 Å². The summed E-state index contributed by atoms with van der Waals surface area (Å²) < 4.78 is 31.9. The van der Waals surface area contributed by atoms with Crippen molar-refractivity contribution in [1.29, 1.82) is 0 Å². The Kier molecular flexibility index (Phi) is 6.24. The summed E-state index contributed by atoms with van der Waals surface area (Å²) in [7, 11) is -3.30. The van der Waals surface area contributed by atoms with Gasteiger partial charge in [-0.3, -0.25) is 9.10 Å². The zero-order valence-electron chi connectivity index (χ0n) is 16.3. The van der Waals surface area contributed by atoms with Crippen LogP contribution in [-0.4, -0.2) is 33.2 Å². The van der Waals surface area contributed by atoms with Gasteiger partial charge in [-0.2, -0.15) is 0 Å². The number of hydrogen-bond acceptors (Lipinski definition) is 4. The summed E-state index contributed by atoms with van der Waals surface area (Å²) in [6, 6.07) is 12.4. The van der Waals surface area contributed by atoms with Crippen LogP contribution in [0.25, 0.3) is 0 Å². The number of ether oxygens (including phenoxy) is 1. The maximum absolute atomic E-state index is 12.5. The van der Waals surface area contributed by atoms with Gasteiger partial charge in [0.05, 0.1) is 18.0 Å². The standard InChI is InChI=1S/C21H26N2O4S/c1-3-14-28(25,26)23-13-5-6-17-15-18(9-12-20(17)23)22-21(24)16-7-10-19(11-8-16)27-4-2/h7-12,15H,3-6,13-14H2,1-2H3,(H,22,24). The summed E-state index contributed by atoms with van der Waals surface area (Å²) in [6.45, 7) is 4.85. The van der Waals surface area contributed by atoms with E-state index in [0.29, 0.717) is 30.8 Å². The van der Waals surface area contributed by atoms with E-state index in [1.165, 1.54) is 4.31 Å². The van der Waals surface area contributed by atoms with E-state index in [1.54, 1.807) is 36.4 Å². The van der Waals surface area contributed by atoms with Crippen LogP contribution in [0.15, 0.2) is 42.5 Å². The fourth-order valence-corrected chi connectivity index (χ4v) is 4.99. The highest BCUT2D eigenvalue weighted by Gasteiger charge is 2.26. The Morgan fingerprint density at radius 2 is 1.89 bits per heavy atom. The number of benzene rings is 2. The van der Waals surface area contributed by atoms with E-state index in [0.717, 1.165) is 29.8 Å². The lowest BCUT2D eigenvalue weighted by Crippen LogP contribution is -2.37. The Morgan fingerprint density at radius 1 is 1.14 bits per heavy atom. The summed E-state index contributed by atoms with van der Waals surface area (Å²) in [6.07, 6.45) is 2.15. The third-order valence-corrected chi connectivity index (χ3v) is 6.61. The number of nitrogens with one attached hydrogen (secondary N) is 1. The topological polar surface area (TPSA) is 75.7 Å². The second-order valence-corrected chi connectivity index (χ2v) is 8.76. The quantitative estimate of drug-likeness (QED) is 0.764. The molecular formula is C21H26N2O4S. The number of aryl methyl sites for hydroxylation is 1. The van der Waals surface area contributed by atoms with Crippen LogP contribution >= 0.6 is 0 Å². The van der Waals surface area contributed by atoms with Crippen molar-refractivity contribution in [3.8, 4) is 5.75 Å². The minimum Gasteiger partial charge on any atom is -0.494 e. The molecule has 0 radical (unpaired) electrons. The Morgan fingerprint density at radius 3 is 2.57 bits per heavy atom. The number of amides is 1. The molecule has 6 nitrogen and oxygen atoms in total. The van der Waals surface area contributed by atoms with E-state index >= 15 is 0 Å². The lowest BCUT2D eigenvalue weighted by molar-refractivity contribution is 0.102. The first kappa shape index (κ1) is 20.2. The third kappa shape index (κ3) is 4.47. The molecule has 0 bridgehead atoms. The normalized spacial score (nSPS) is 13.7. The molecule has 1 heterocycles. The number of fused-ring (bicyclic) bond motifs is 1. The van der Waals surface area contributed by atoms with Gasteiger partial charge in [-0.15, -0.1) is 0 Å². The van der Waals surface area contributed by atoms with Gasteiger partial charge in [0, 0.05) is 17.8 Å². The predicted molar refractivity (Wildman–Crippen MR) is 112 cm³/mol. The van der Waals surface area contributed by atoms with Gasteiger partial charge in [0.2, 0.25) is 10.0 Å². The number of sulfonamides is 1. The van der Waals surface area contributed by atoms with Gasteiger partial charge >= 0.3 is 0 Å². The number of carbonyl (C=O) groups excluding carboxylic acids is 1. The minimum absolute atomic E-state index is 0.142. The van der Waals surface area contributed by atoms with E-state index < -0.39 is 10.0 Å². The fraction of sp³-hybridized carbons (Fsp3) is 0.381. The second-order valence-electron chi connectivity index (χ2n) is 6.75. The zero-order chi connectivity index (χ0) is 20.1. The maximum atomic E-state index is 12.5. The molecular weight excluding hydrogens is 376 g/mol. The van der Waals surface area contributed by atoms with Gasteiger partial charge < -0.3 is 10.1 Å². The molecule has 0 spiro atoms. The number of hydrogen-bond donors (Lipinski definition) is 1. The zero-order valence-corrected chi connectivity index (χ0v) is 17.1. The molecule has 1 aliphatic heterocycles. The number of rotatable bonds is 7. The summed E-state index contributed by atoms with van der Waals surface area (Å²) in [5, 5.41) is 2.89. The average molecular weight is 403 g/mol. The first-order valence-electron chi connectivity index (χ1n) is 9.62. The number of nitrogens with zero attached hydrogens (tertiary/aromatic N) is 1. The lowest BCUT2D eigenvalue weighted by Gasteiger charge is -2.30. The van der Waals surface area contributed by atoms with Gasteiger partial charge in [-0.25, -0.2) is 8.42 Å². The molecule has 3 rings (SSSR count). The molecule has 2 aromatic carbocycles. The molecule has 7 heteroatoms. The molecule has 28 heavy (non-hydrogen) atoms. The fourth-order valence-electron chi connectivity index (χ4n) is 3.37. The van der Waals surface area contributed by atoms with E-state index in [-0.39, 0.29) is 11.7 Å². The number of anilines is 2. The molecule has 1 N–H and O–H groups in total. The van der Waals surface area contributed by atoms with Crippen molar-refractivity contribution in [1.82, 2.24) is 0 Å².